The van der Waals surface area contributed by atoms with Crippen LogP contribution in [0, 0.1) is 26.7 Å². The van der Waals surface area contributed by atoms with E-state index in [1.807, 2.05) is 39.0 Å². The molecule has 2 amide bonds. The number of hydrogen-bond donors (Lipinski definition) is 2. The minimum Gasteiger partial charge on any atom is -0.326 e. The summed E-state index contributed by atoms with van der Waals surface area (Å²) in [7, 11) is 0. The molecule has 1 saturated carbocycles. The molecule has 4 nitrogen and oxygen atoms in total. The first-order valence-electron chi connectivity index (χ1n) is 8.94. The first kappa shape index (κ1) is 20.0. The number of benzene rings is 2. The summed E-state index contributed by atoms with van der Waals surface area (Å²) in [5.74, 6) is 0.486. The smallest absolute Gasteiger partial charge is 0.234 e. The van der Waals surface area contributed by atoms with Crippen molar-refractivity contribution in [2.75, 3.05) is 16.4 Å². The Hall–Kier alpha value is -1.79. The Bertz CT molecular complexity index is 894. The van der Waals surface area contributed by atoms with Gasteiger partial charge in [0.25, 0.3) is 0 Å². The average molecular weight is 447 g/mol. The first-order valence-corrected chi connectivity index (χ1v) is 10.7. The van der Waals surface area contributed by atoms with Crippen LogP contribution in [-0.2, 0) is 9.59 Å². The Morgan fingerprint density at radius 3 is 2.48 bits per heavy atom. The van der Waals surface area contributed by atoms with Gasteiger partial charge in [-0.05, 0) is 74.6 Å². The van der Waals surface area contributed by atoms with E-state index in [2.05, 4.69) is 38.7 Å². The highest BCUT2D eigenvalue weighted by Gasteiger charge is 2.29. The summed E-state index contributed by atoms with van der Waals surface area (Å²) >= 11 is 5.06. The van der Waals surface area contributed by atoms with E-state index in [1.54, 1.807) is 0 Å². The molecule has 0 atom stereocenters. The summed E-state index contributed by atoms with van der Waals surface area (Å²) in [5.41, 5.74) is 4.72. The topological polar surface area (TPSA) is 58.2 Å². The van der Waals surface area contributed by atoms with Gasteiger partial charge in [-0.1, -0.05) is 22.0 Å². The lowest BCUT2D eigenvalue weighted by Crippen LogP contribution is -2.16. The molecule has 2 aromatic rings. The van der Waals surface area contributed by atoms with Gasteiger partial charge in [-0.25, -0.2) is 0 Å². The zero-order valence-corrected chi connectivity index (χ0v) is 18.1. The number of hydrogen-bond acceptors (Lipinski definition) is 3. The Balaban J connectivity index is 1.61. The zero-order chi connectivity index (χ0) is 19.6. The maximum absolute atomic E-state index is 12.4. The van der Waals surface area contributed by atoms with Crippen LogP contribution in [0.1, 0.15) is 29.5 Å². The van der Waals surface area contributed by atoms with E-state index < -0.39 is 0 Å². The number of rotatable bonds is 6. The van der Waals surface area contributed by atoms with Gasteiger partial charge in [-0.2, -0.15) is 0 Å². The van der Waals surface area contributed by atoms with Gasteiger partial charge in [0.2, 0.25) is 11.8 Å². The summed E-state index contributed by atoms with van der Waals surface area (Å²) in [5, 5.41) is 5.89. The molecule has 27 heavy (non-hydrogen) atoms. The van der Waals surface area contributed by atoms with Crippen molar-refractivity contribution >= 4 is 50.9 Å². The van der Waals surface area contributed by atoms with Crippen LogP contribution in [0.4, 0.5) is 11.4 Å². The molecule has 0 aromatic heterocycles. The third-order valence-electron chi connectivity index (χ3n) is 4.54. The zero-order valence-electron chi connectivity index (χ0n) is 15.7. The molecule has 1 aliphatic carbocycles. The molecule has 2 aromatic carbocycles. The highest BCUT2D eigenvalue weighted by Crippen LogP contribution is 2.31. The molecular formula is C21H23BrN2O2S. The van der Waals surface area contributed by atoms with E-state index >= 15 is 0 Å². The van der Waals surface area contributed by atoms with Crippen LogP contribution in [0.3, 0.4) is 0 Å². The quantitative estimate of drug-likeness (QED) is 0.579. The highest BCUT2D eigenvalue weighted by molar-refractivity contribution is 9.10. The fourth-order valence-corrected chi connectivity index (χ4v) is 4.03. The summed E-state index contributed by atoms with van der Waals surface area (Å²) in [4.78, 5) is 25.5. The minimum atomic E-state index is -0.0614. The van der Waals surface area contributed by atoms with Gasteiger partial charge in [-0.15, -0.1) is 11.8 Å². The van der Waals surface area contributed by atoms with Crippen LogP contribution < -0.4 is 10.6 Å². The average Bonchev–Trinajstić information content (AvgIpc) is 3.45. The number of carbonyl (C=O) groups excluding carboxylic acids is 2. The molecule has 0 saturated heterocycles. The van der Waals surface area contributed by atoms with Gasteiger partial charge < -0.3 is 10.6 Å². The maximum atomic E-state index is 12.4. The standard InChI is InChI=1S/C21H23BrN2O2S/c1-12-4-7-16(23-21(26)15-5-6-15)10-18(12)24-20(25)11-27-19-9-13(2)17(22)8-14(19)3/h4,7-10,15H,5-6,11H2,1-3H3,(H,23,26)(H,24,25). The normalized spacial score (nSPS) is 13.3. The molecule has 6 heteroatoms. The van der Waals surface area contributed by atoms with E-state index in [0.717, 1.165) is 50.3 Å². The fourth-order valence-electron chi connectivity index (χ4n) is 2.66. The Kier molecular flexibility index (Phi) is 6.27. The van der Waals surface area contributed by atoms with E-state index in [9.17, 15) is 9.59 Å². The minimum absolute atomic E-state index is 0.0614. The predicted octanol–water partition coefficient (Wildman–Crippen LogP) is 5.45. The van der Waals surface area contributed by atoms with Crippen molar-refractivity contribution in [2.24, 2.45) is 5.92 Å². The lowest BCUT2D eigenvalue weighted by Gasteiger charge is -2.12. The number of amides is 2. The molecule has 1 fully saturated rings. The fraction of sp³-hybridized carbons (Fsp3) is 0.333. The molecule has 0 unspecified atom stereocenters. The van der Waals surface area contributed by atoms with Crippen molar-refractivity contribution in [3.8, 4) is 0 Å². The first-order chi connectivity index (χ1) is 12.8. The molecule has 2 N–H and O–H groups in total. The Labute approximate surface area is 172 Å². The third kappa shape index (κ3) is 5.36. The second-order valence-corrected chi connectivity index (χ2v) is 8.87. The second-order valence-electron chi connectivity index (χ2n) is 7.00. The van der Waals surface area contributed by atoms with Crippen LogP contribution >= 0.6 is 27.7 Å². The van der Waals surface area contributed by atoms with Crippen LogP contribution in [0.25, 0.3) is 0 Å². The molecule has 1 aliphatic rings. The van der Waals surface area contributed by atoms with Gasteiger partial charge in [0.15, 0.2) is 0 Å². The Morgan fingerprint density at radius 1 is 1.04 bits per heavy atom. The lowest BCUT2D eigenvalue weighted by atomic mass is 10.1. The van der Waals surface area contributed by atoms with Gasteiger partial charge >= 0.3 is 0 Å². The summed E-state index contributed by atoms with van der Waals surface area (Å²) < 4.78 is 1.08. The molecule has 142 valence electrons. The molecule has 0 radical (unpaired) electrons. The highest BCUT2D eigenvalue weighted by atomic mass is 79.9. The van der Waals surface area contributed by atoms with Crippen molar-refractivity contribution < 1.29 is 9.59 Å². The SMILES string of the molecule is Cc1cc(SCC(=O)Nc2cc(NC(=O)C3CC3)ccc2C)c(C)cc1Br. The molecule has 0 bridgehead atoms. The molecule has 0 spiro atoms. The lowest BCUT2D eigenvalue weighted by molar-refractivity contribution is -0.117. The monoisotopic (exact) mass is 446 g/mol. The number of nitrogens with one attached hydrogen (secondary N) is 2. The third-order valence-corrected chi connectivity index (χ3v) is 6.55. The maximum Gasteiger partial charge on any atom is 0.234 e. The van der Waals surface area contributed by atoms with Crippen molar-refractivity contribution in [3.63, 3.8) is 0 Å². The van der Waals surface area contributed by atoms with Crippen LogP contribution in [-0.4, -0.2) is 17.6 Å². The van der Waals surface area contributed by atoms with Crippen molar-refractivity contribution in [1.82, 2.24) is 0 Å². The number of anilines is 2. The number of thioether (sulfide) groups is 1. The van der Waals surface area contributed by atoms with Gasteiger partial charge in [0, 0.05) is 26.7 Å². The number of aryl methyl sites for hydroxylation is 3. The van der Waals surface area contributed by atoms with Crippen LogP contribution in [0.2, 0.25) is 0 Å². The molecule has 0 aliphatic heterocycles. The van der Waals surface area contributed by atoms with E-state index in [1.165, 1.54) is 11.8 Å². The van der Waals surface area contributed by atoms with Gasteiger partial charge in [-0.3, -0.25) is 9.59 Å². The number of carbonyl (C=O) groups is 2. The predicted molar refractivity (Wildman–Crippen MR) is 116 cm³/mol. The number of halogens is 1. The van der Waals surface area contributed by atoms with Gasteiger partial charge in [0.05, 0.1) is 5.75 Å². The largest absolute Gasteiger partial charge is 0.326 e. The Morgan fingerprint density at radius 2 is 1.78 bits per heavy atom. The summed E-state index contributed by atoms with van der Waals surface area (Å²) in [6, 6.07) is 9.77. The van der Waals surface area contributed by atoms with E-state index in [0.29, 0.717) is 5.75 Å². The van der Waals surface area contributed by atoms with Crippen molar-refractivity contribution in [1.29, 1.82) is 0 Å². The molecule has 3 rings (SSSR count). The van der Waals surface area contributed by atoms with Crippen LogP contribution in [0.15, 0.2) is 39.7 Å². The van der Waals surface area contributed by atoms with Crippen molar-refractivity contribution in [3.05, 3.63) is 51.5 Å². The second kappa shape index (κ2) is 8.48. The van der Waals surface area contributed by atoms with Crippen LogP contribution in [0.5, 0.6) is 0 Å². The van der Waals surface area contributed by atoms with Gasteiger partial charge in [0.1, 0.15) is 0 Å². The molecular weight excluding hydrogens is 424 g/mol. The van der Waals surface area contributed by atoms with E-state index in [4.69, 9.17) is 0 Å². The summed E-state index contributed by atoms with van der Waals surface area (Å²) in [6.45, 7) is 6.02. The van der Waals surface area contributed by atoms with E-state index in [-0.39, 0.29) is 17.7 Å². The van der Waals surface area contributed by atoms with Crippen molar-refractivity contribution in [2.45, 2.75) is 38.5 Å². The molecule has 0 heterocycles. The summed E-state index contributed by atoms with van der Waals surface area (Å²) in [6.07, 6.45) is 1.93.